The maximum absolute atomic E-state index is 12.4. The van der Waals surface area contributed by atoms with E-state index in [1.165, 1.54) is 0 Å². The first kappa shape index (κ1) is 16.2. The van der Waals surface area contributed by atoms with E-state index in [0.717, 1.165) is 54.9 Å². The van der Waals surface area contributed by atoms with Gasteiger partial charge in [-0.1, -0.05) is 0 Å². The lowest BCUT2D eigenvalue weighted by Crippen LogP contribution is -2.35. The Hall–Kier alpha value is -2.28. The smallest absolute Gasteiger partial charge is 0.267 e. The maximum atomic E-state index is 12.4. The van der Waals surface area contributed by atoms with Crippen LogP contribution in [0.4, 0.5) is 5.82 Å². The largest absolute Gasteiger partial charge is 0.376 e. The Bertz CT molecular complexity index is 811. The zero-order valence-electron chi connectivity index (χ0n) is 14.4. The van der Waals surface area contributed by atoms with Crippen LogP contribution in [-0.2, 0) is 17.8 Å². The van der Waals surface area contributed by atoms with Gasteiger partial charge in [-0.25, -0.2) is 9.67 Å². The van der Waals surface area contributed by atoms with Gasteiger partial charge in [0.2, 0.25) is 0 Å². The van der Waals surface area contributed by atoms with E-state index in [0.29, 0.717) is 19.3 Å². The molecule has 0 amide bonds. The van der Waals surface area contributed by atoms with Crippen molar-refractivity contribution in [2.24, 2.45) is 0 Å². The molecule has 4 rings (SSSR count). The number of aromatic nitrogens is 4. The van der Waals surface area contributed by atoms with Gasteiger partial charge in [-0.2, -0.15) is 5.10 Å². The molecule has 7 heteroatoms. The number of fused-ring (bicyclic) bond motifs is 1. The molecule has 2 aliphatic rings. The number of hydrogen-bond acceptors (Lipinski definition) is 6. The molecule has 132 valence electrons. The van der Waals surface area contributed by atoms with E-state index in [4.69, 9.17) is 4.74 Å². The van der Waals surface area contributed by atoms with Crippen molar-refractivity contribution in [3.8, 4) is 0 Å². The summed E-state index contributed by atoms with van der Waals surface area (Å²) in [6, 6.07) is 2.25. The molecule has 1 fully saturated rings. The minimum Gasteiger partial charge on any atom is -0.376 e. The number of hydrogen-bond donors (Lipinski definition) is 1. The van der Waals surface area contributed by atoms with Gasteiger partial charge < -0.3 is 10.1 Å². The fourth-order valence-electron chi connectivity index (χ4n) is 3.70. The molecule has 1 aliphatic heterocycles. The van der Waals surface area contributed by atoms with E-state index in [9.17, 15) is 4.79 Å². The monoisotopic (exact) mass is 341 g/mol. The highest BCUT2D eigenvalue weighted by Crippen LogP contribution is 2.29. The molecule has 0 saturated heterocycles. The lowest BCUT2D eigenvalue weighted by molar-refractivity contribution is 0.107. The third kappa shape index (κ3) is 3.56. The zero-order chi connectivity index (χ0) is 17.2. The summed E-state index contributed by atoms with van der Waals surface area (Å²) in [6.07, 6.45) is 8.18. The first-order valence-corrected chi connectivity index (χ1v) is 8.93. The van der Waals surface area contributed by atoms with Crippen LogP contribution in [0.5, 0.6) is 0 Å². The number of rotatable bonds is 3. The summed E-state index contributed by atoms with van der Waals surface area (Å²) >= 11 is 0. The van der Waals surface area contributed by atoms with Gasteiger partial charge in [0.15, 0.2) is 0 Å². The lowest BCUT2D eigenvalue weighted by Gasteiger charge is -2.30. The summed E-state index contributed by atoms with van der Waals surface area (Å²) in [5, 5.41) is 8.10. The molecule has 0 bridgehead atoms. The Morgan fingerprint density at radius 1 is 1.24 bits per heavy atom. The second kappa shape index (κ2) is 6.92. The molecule has 0 aromatic carbocycles. The first-order valence-electron chi connectivity index (χ1n) is 8.93. The predicted molar refractivity (Wildman–Crippen MR) is 93.5 cm³/mol. The highest BCUT2D eigenvalue weighted by molar-refractivity contribution is 5.33. The normalized spacial score (nSPS) is 23.1. The minimum atomic E-state index is -0.00906. The average molecular weight is 341 g/mol. The molecule has 1 aliphatic carbocycles. The standard InChI is InChI=1S/C18H23N5O2/c1-12-9-19-10-17(20-12)21-14-2-4-15(5-3-14)23-18(24)8-13-11-25-7-6-16(13)22-23/h8-10,14-15H,2-7,11H2,1H3,(H,20,21). The SMILES string of the molecule is Cc1cncc(NC2CCC(n3nc4c(cc3=O)COCC4)CC2)n1. The number of anilines is 1. The van der Waals surface area contributed by atoms with Crippen LogP contribution >= 0.6 is 0 Å². The van der Waals surface area contributed by atoms with E-state index in [-0.39, 0.29) is 11.6 Å². The van der Waals surface area contributed by atoms with Crippen molar-refractivity contribution in [2.45, 2.75) is 57.7 Å². The molecule has 1 N–H and O–H groups in total. The van der Waals surface area contributed by atoms with Crippen molar-refractivity contribution in [3.05, 3.63) is 45.8 Å². The second-order valence-corrected chi connectivity index (χ2v) is 6.90. The van der Waals surface area contributed by atoms with E-state index in [1.807, 2.05) is 6.92 Å². The molecule has 0 radical (unpaired) electrons. The summed E-state index contributed by atoms with van der Waals surface area (Å²) < 4.78 is 7.11. The van der Waals surface area contributed by atoms with Crippen LogP contribution in [0.25, 0.3) is 0 Å². The Labute approximate surface area is 146 Å². The number of nitrogens with zero attached hydrogens (tertiary/aromatic N) is 4. The maximum Gasteiger partial charge on any atom is 0.267 e. The van der Waals surface area contributed by atoms with Crippen LogP contribution in [-0.4, -0.2) is 32.4 Å². The van der Waals surface area contributed by atoms with Crippen molar-refractivity contribution < 1.29 is 4.74 Å². The molecule has 3 heterocycles. The van der Waals surface area contributed by atoms with Crippen molar-refractivity contribution in [1.82, 2.24) is 19.7 Å². The summed E-state index contributed by atoms with van der Waals surface area (Å²) in [4.78, 5) is 21.0. The average Bonchev–Trinajstić information content (AvgIpc) is 2.62. The molecule has 2 aromatic heterocycles. The molecule has 2 aromatic rings. The Morgan fingerprint density at radius 3 is 2.88 bits per heavy atom. The number of aryl methyl sites for hydroxylation is 1. The van der Waals surface area contributed by atoms with Gasteiger partial charge in [0.05, 0.1) is 36.8 Å². The van der Waals surface area contributed by atoms with Gasteiger partial charge in [-0.3, -0.25) is 9.78 Å². The molecular weight excluding hydrogens is 318 g/mol. The molecule has 0 atom stereocenters. The van der Waals surface area contributed by atoms with Crippen molar-refractivity contribution in [1.29, 1.82) is 0 Å². The van der Waals surface area contributed by atoms with Crippen molar-refractivity contribution in [2.75, 3.05) is 11.9 Å². The fraction of sp³-hybridized carbons (Fsp3) is 0.556. The lowest BCUT2D eigenvalue weighted by atomic mass is 9.91. The van der Waals surface area contributed by atoms with Gasteiger partial charge in [0, 0.05) is 30.3 Å². The molecular formula is C18H23N5O2. The summed E-state index contributed by atoms with van der Waals surface area (Å²) in [5.41, 5.74) is 2.86. The van der Waals surface area contributed by atoms with Crippen LogP contribution in [0.15, 0.2) is 23.3 Å². The fourth-order valence-corrected chi connectivity index (χ4v) is 3.70. The van der Waals surface area contributed by atoms with Gasteiger partial charge in [0.25, 0.3) is 5.56 Å². The molecule has 1 saturated carbocycles. The molecule has 25 heavy (non-hydrogen) atoms. The van der Waals surface area contributed by atoms with Crippen LogP contribution in [0.3, 0.4) is 0 Å². The van der Waals surface area contributed by atoms with Gasteiger partial charge in [-0.05, 0) is 32.6 Å². The van der Waals surface area contributed by atoms with E-state index >= 15 is 0 Å². The summed E-state index contributed by atoms with van der Waals surface area (Å²) in [7, 11) is 0. The topological polar surface area (TPSA) is 81.9 Å². The van der Waals surface area contributed by atoms with E-state index in [2.05, 4.69) is 20.4 Å². The summed E-state index contributed by atoms with van der Waals surface area (Å²) in [5.74, 6) is 0.826. The number of ether oxygens (including phenoxy) is 1. The minimum absolute atomic E-state index is 0.00906. The van der Waals surface area contributed by atoms with Gasteiger partial charge in [0.1, 0.15) is 5.82 Å². The third-order valence-corrected chi connectivity index (χ3v) is 5.01. The first-order chi connectivity index (χ1) is 12.2. The third-order valence-electron chi connectivity index (χ3n) is 5.01. The Balaban J connectivity index is 1.43. The molecule has 0 spiro atoms. The number of nitrogens with one attached hydrogen (secondary N) is 1. The van der Waals surface area contributed by atoms with Crippen LogP contribution in [0, 0.1) is 6.92 Å². The Morgan fingerprint density at radius 2 is 2.08 bits per heavy atom. The Kier molecular flexibility index (Phi) is 4.48. The molecule has 7 nitrogen and oxygen atoms in total. The van der Waals surface area contributed by atoms with E-state index < -0.39 is 0 Å². The van der Waals surface area contributed by atoms with Gasteiger partial charge >= 0.3 is 0 Å². The zero-order valence-corrected chi connectivity index (χ0v) is 14.4. The van der Waals surface area contributed by atoms with Crippen LogP contribution in [0.1, 0.15) is 48.7 Å². The van der Waals surface area contributed by atoms with Crippen LogP contribution in [0.2, 0.25) is 0 Å². The van der Waals surface area contributed by atoms with Crippen molar-refractivity contribution >= 4 is 5.82 Å². The quantitative estimate of drug-likeness (QED) is 0.920. The predicted octanol–water partition coefficient (Wildman–Crippen LogP) is 2.01. The summed E-state index contributed by atoms with van der Waals surface area (Å²) in [6.45, 7) is 3.13. The van der Waals surface area contributed by atoms with Gasteiger partial charge in [-0.15, -0.1) is 0 Å². The van der Waals surface area contributed by atoms with E-state index in [1.54, 1.807) is 23.1 Å². The molecule has 0 unspecified atom stereocenters. The second-order valence-electron chi connectivity index (χ2n) is 6.90. The highest BCUT2D eigenvalue weighted by atomic mass is 16.5. The van der Waals surface area contributed by atoms with Crippen molar-refractivity contribution in [3.63, 3.8) is 0 Å². The highest BCUT2D eigenvalue weighted by Gasteiger charge is 2.25. The van der Waals surface area contributed by atoms with Crippen LogP contribution < -0.4 is 10.9 Å².